The van der Waals surface area contributed by atoms with E-state index in [1.54, 1.807) is 0 Å². The van der Waals surface area contributed by atoms with Crippen molar-refractivity contribution in [2.45, 2.75) is 65.7 Å². The Kier molecular flexibility index (Phi) is 5.15. The Balaban J connectivity index is 2.13. The third kappa shape index (κ3) is 2.64. The maximum Gasteiger partial charge on any atom is 0.311 e. The molecule has 1 unspecified atom stereocenters. The van der Waals surface area contributed by atoms with Crippen molar-refractivity contribution in [3.63, 3.8) is 0 Å². The Morgan fingerprint density at radius 3 is 2.72 bits per heavy atom. The number of carbonyl (C=O) groups excluding carboxylic acids is 2. The van der Waals surface area contributed by atoms with Gasteiger partial charge < -0.3 is 4.74 Å². The highest BCUT2D eigenvalue weighted by Crippen LogP contribution is 2.70. The lowest BCUT2D eigenvalue weighted by Crippen LogP contribution is -2.60. The summed E-state index contributed by atoms with van der Waals surface area (Å²) in [6.07, 6.45) is 9.14. The summed E-state index contributed by atoms with van der Waals surface area (Å²) >= 11 is 2.48. The van der Waals surface area contributed by atoms with Crippen LogP contribution in [-0.4, -0.2) is 23.3 Å². The maximum absolute atomic E-state index is 12.7. The van der Waals surface area contributed by atoms with Gasteiger partial charge >= 0.3 is 5.97 Å². The molecule has 0 spiro atoms. The Morgan fingerprint density at radius 1 is 1.36 bits per heavy atom. The SMILES string of the molecule is COC(=O)[C@]1(C)CCC[C@@]2(C)[C@H]1CCC1=CC(=O)C(C)C[C@@]12CCI. The van der Waals surface area contributed by atoms with E-state index in [4.69, 9.17) is 4.74 Å². The summed E-state index contributed by atoms with van der Waals surface area (Å²) in [5, 5.41) is 0. The summed E-state index contributed by atoms with van der Waals surface area (Å²) in [4.78, 5) is 25.1. The Bertz CT molecular complexity index is 612. The summed E-state index contributed by atoms with van der Waals surface area (Å²) in [5.41, 5.74) is 1.12. The van der Waals surface area contributed by atoms with Crippen molar-refractivity contribution in [2.75, 3.05) is 11.5 Å². The Labute approximate surface area is 165 Å². The number of hydrogen-bond acceptors (Lipinski definition) is 3. The Hall–Kier alpha value is -0.390. The number of ether oxygens (including phenoxy) is 1. The van der Waals surface area contributed by atoms with E-state index in [0.29, 0.717) is 11.7 Å². The van der Waals surface area contributed by atoms with Crippen LogP contribution < -0.4 is 0 Å². The molecule has 0 bridgehead atoms. The molecule has 5 atom stereocenters. The lowest BCUT2D eigenvalue weighted by Gasteiger charge is -2.65. The number of rotatable bonds is 3. The molecule has 0 heterocycles. The summed E-state index contributed by atoms with van der Waals surface area (Å²) in [6.45, 7) is 6.63. The van der Waals surface area contributed by atoms with Gasteiger partial charge in [-0.05, 0) is 68.3 Å². The van der Waals surface area contributed by atoms with E-state index in [0.717, 1.165) is 49.4 Å². The first-order chi connectivity index (χ1) is 11.7. The van der Waals surface area contributed by atoms with Crippen molar-refractivity contribution >= 4 is 34.3 Å². The third-order valence-corrected chi connectivity index (χ3v) is 8.51. The molecule has 0 N–H and O–H groups in total. The molecule has 0 saturated heterocycles. The second-order valence-electron chi connectivity index (χ2n) is 8.97. The number of fused-ring (bicyclic) bond motifs is 3. The molecule has 0 aromatic rings. The predicted molar refractivity (Wildman–Crippen MR) is 108 cm³/mol. The average Bonchev–Trinajstić information content (AvgIpc) is 2.57. The van der Waals surface area contributed by atoms with Crippen LogP contribution in [-0.2, 0) is 14.3 Å². The van der Waals surface area contributed by atoms with E-state index in [1.165, 1.54) is 12.7 Å². The molecule has 140 valence electrons. The largest absolute Gasteiger partial charge is 0.469 e. The fourth-order valence-corrected chi connectivity index (χ4v) is 7.61. The molecule has 25 heavy (non-hydrogen) atoms. The van der Waals surface area contributed by atoms with Crippen molar-refractivity contribution in [2.24, 2.45) is 28.1 Å². The van der Waals surface area contributed by atoms with Crippen molar-refractivity contribution in [1.29, 1.82) is 0 Å². The Morgan fingerprint density at radius 2 is 2.08 bits per heavy atom. The van der Waals surface area contributed by atoms with Gasteiger partial charge in [-0.15, -0.1) is 0 Å². The molecule has 4 heteroatoms. The smallest absolute Gasteiger partial charge is 0.311 e. The minimum atomic E-state index is -0.393. The number of alkyl halides is 1. The lowest BCUT2D eigenvalue weighted by atomic mass is 9.39. The number of hydrogen-bond donors (Lipinski definition) is 0. The minimum Gasteiger partial charge on any atom is -0.469 e. The van der Waals surface area contributed by atoms with Crippen LogP contribution in [0, 0.1) is 28.1 Å². The van der Waals surface area contributed by atoms with Crippen LogP contribution in [0.3, 0.4) is 0 Å². The van der Waals surface area contributed by atoms with Gasteiger partial charge in [-0.25, -0.2) is 0 Å². The molecule has 3 aliphatic rings. The minimum absolute atomic E-state index is 0.0413. The van der Waals surface area contributed by atoms with E-state index < -0.39 is 5.41 Å². The van der Waals surface area contributed by atoms with Crippen LogP contribution >= 0.6 is 22.6 Å². The van der Waals surface area contributed by atoms with Gasteiger partial charge in [-0.3, -0.25) is 9.59 Å². The molecule has 0 radical (unpaired) electrons. The molecule has 2 fully saturated rings. The summed E-state index contributed by atoms with van der Waals surface area (Å²) < 4.78 is 6.34. The molecule has 0 aromatic carbocycles. The molecule has 3 rings (SSSR count). The highest BCUT2D eigenvalue weighted by atomic mass is 127. The number of ketones is 1. The zero-order valence-electron chi connectivity index (χ0n) is 16.0. The van der Waals surface area contributed by atoms with E-state index in [2.05, 4.69) is 43.4 Å². The summed E-state index contributed by atoms with van der Waals surface area (Å²) in [6, 6.07) is 0. The van der Waals surface area contributed by atoms with E-state index >= 15 is 0 Å². The van der Waals surface area contributed by atoms with Crippen molar-refractivity contribution in [3.05, 3.63) is 11.6 Å². The fraction of sp³-hybridized carbons (Fsp3) is 0.810. The third-order valence-electron chi connectivity index (χ3n) is 7.97. The van der Waals surface area contributed by atoms with Gasteiger partial charge in [0.2, 0.25) is 0 Å². The molecule has 0 amide bonds. The second kappa shape index (κ2) is 6.65. The van der Waals surface area contributed by atoms with E-state index in [1.807, 2.05) is 6.08 Å². The summed E-state index contributed by atoms with van der Waals surface area (Å²) in [7, 11) is 1.52. The average molecular weight is 458 g/mol. The van der Waals surface area contributed by atoms with E-state index in [9.17, 15) is 9.59 Å². The van der Waals surface area contributed by atoms with Crippen LogP contribution in [0.15, 0.2) is 11.6 Å². The van der Waals surface area contributed by atoms with Gasteiger partial charge in [0.1, 0.15) is 0 Å². The van der Waals surface area contributed by atoms with Gasteiger partial charge in [-0.2, -0.15) is 0 Å². The van der Waals surface area contributed by atoms with Gasteiger partial charge in [0, 0.05) is 10.3 Å². The number of allylic oxidation sites excluding steroid dienone is 2. The number of methoxy groups -OCH3 is 1. The predicted octanol–water partition coefficient (Wildman–Crippen LogP) is 5.11. The maximum atomic E-state index is 12.7. The van der Waals surface area contributed by atoms with Gasteiger partial charge in [0.25, 0.3) is 0 Å². The van der Waals surface area contributed by atoms with Gasteiger partial charge in [0.15, 0.2) is 5.78 Å². The topological polar surface area (TPSA) is 43.4 Å². The van der Waals surface area contributed by atoms with Crippen LogP contribution in [0.4, 0.5) is 0 Å². The zero-order valence-corrected chi connectivity index (χ0v) is 18.1. The fourth-order valence-electron chi connectivity index (χ4n) is 6.69. The van der Waals surface area contributed by atoms with Crippen LogP contribution in [0.2, 0.25) is 0 Å². The lowest BCUT2D eigenvalue weighted by molar-refractivity contribution is -0.176. The summed E-state index contributed by atoms with van der Waals surface area (Å²) in [5.74, 6) is 0.684. The first-order valence-corrected chi connectivity index (χ1v) is 11.2. The van der Waals surface area contributed by atoms with Crippen molar-refractivity contribution < 1.29 is 14.3 Å². The highest BCUT2D eigenvalue weighted by Gasteiger charge is 2.64. The van der Waals surface area contributed by atoms with Crippen molar-refractivity contribution in [1.82, 2.24) is 0 Å². The van der Waals surface area contributed by atoms with Crippen LogP contribution in [0.1, 0.15) is 65.7 Å². The molecular formula is C21H31IO3. The second-order valence-corrected chi connectivity index (χ2v) is 10.0. The molecular weight excluding hydrogens is 427 g/mol. The number of halogens is 1. The van der Waals surface area contributed by atoms with E-state index in [-0.39, 0.29) is 22.7 Å². The standard InChI is InChI=1S/C21H31IO3/c1-14-13-21(10-11-22)15(12-16(14)23)6-7-17-19(2,18(24)25-4)8-5-9-20(17,21)3/h12,14,17H,5-11,13H2,1-4H3/t14?,17-,19+,20-,21-/m0/s1. The highest BCUT2D eigenvalue weighted by molar-refractivity contribution is 14.1. The molecule has 3 aliphatic carbocycles. The van der Waals surface area contributed by atoms with Gasteiger partial charge in [-0.1, -0.05) is 48.4 Å². The van der Waals surface area contributed by atoms with Gasteiger partial charge in [0.05, 0.1) is 12.5 Å². The molecule has 0 aromatic heterocycles. The molecule has 2 saturated carbocycles. The first kappa shape index (κ1) is 19.4. The monoisotopic (exact) mass is 458 g/mol. The molecule has 3 nitrogen and oxygen atoms in total. The first-order valence-electron chi connectivity index (χ1n) is 9.64. The van der Waals surface area contributed by atoms with Crippen LogP contribution in [0.5, 0.6) is 0 Å². The normalized spacial score (nSPS) is 43.7. The van der Waals surface area contributed by atoms with Crippen molar-refractivity contribution in [3.8, 4) is 0 Å². The van der Waals surface area contributed by atoms with Crippen LogP contribution in [0.25, 0.3) is 0 Å². The number of esters is 1. The number of carbonyl (C=O) groups is 2. The zero-order chi connectivity index (χ0) is 18.5. The quantitative estimate of drug-likeness (QED) is 0.335. The molecule has 0 aliphatic heterocycles.